The molecule has 0 aliphatic rings. The largest absolute Gasteiger partial charge is 0.469 e. The van der Waals surface area contributed by atoms with Gasteiger partial charge in [-0.05, 0) is 19.1 Å². The lowest BCUT2D eigenvalue weighted by molar-refractivity contribution is 0.455. The molecule has 1 atom stereocenters. The Kier molecular flexibility index (Phi) is 4.55. The molecule has 0 fully saturated rings. The molecular weight excluding hydrogens is 228 g/mol. The maximum Gasteiger partial charge on any atom is 0.105 e. The molecule has 1 unspecified atom stereocenters. The highest BCUT2D eigenvalue weighted by Crippen LogP contribution is 2.04. The second-order valence-corrected chi connectivity index (χ2v) is 4.46. The highest BCUT2D eigenvalue weighted by atomic mass is 16.3. The maximum absolute atomic E-state index is 5.49. The minimum Gasteiger partial charge on any atom is -0.469 e. The van der Waals surface area contributed by atoms with Gasteiger partial charge in [-0.1, -0.05) is 0 Å². The Morgan fingerprint density at radius 1 is 1.56 bits per heavy atom. The van der Waals surface area contributed by atoms with E-state index < -0.39 is 0 Å². The van der Waals surface area contributed by atoms with E-state index in [4.69, 9.17) is 10.2 Å². The van der Waals surface area contributed by atoms with Gasteiger partial charge in [-0.15, -0.1) is 0 Å². The Balaban J connectivity index is 1.76. The topological polar surface area (TPSA) is 69.0 Å². The second-order valence-electron chi connectivity index (χ2n) is 4.46. The molecule has 0 radical (unpaired) electrons. The molecule has 0 bridgehead atoms. The number of hydrogen-bond donors (Lipinski definition) is 2. The highest BCUT2D eigenvalue weighted by Gasteiger charge is 2.06. The zero-order valence-electron chi connectivity index (χ0n) is 10.7. The summed E-state index contributed by atoms with van der Waals surface area (Å²) in [6.07, 6.45) is 6.44. The third-order valence-electron chi connectivity index (χ3n) is 2.79. The van der Waals surface area contributed by atoms with Crippen molar-refractivity contribution in [2.45, 2.75) is 32.5 Å². The third-order valence-corrected chi connectivity index (χ3v) is 2.79. The first-order valence-electron chi connectivity index (χ1n) is 6.24. The van der Waals surface area contributed by atoms with Gasteiger partial charge in [0.2, 0.25) is 0 Å². The van der Waals surface area contributed by atoms with Crippen molar-refractivity contribution >= 4 is 0 Å². The van der Waals surface area contributed by atoms with Crippen LogP contribution >= 0.6 is 0 Å². The van der Waals surface area contributed by atoms with E-state index >= 15 is 0 Å². The molecule has 0 aliphatic heterocycles. The molecule has 2 aromatic rings. The van der Waals surface area contributed by atoms with Crippen molar-refractivity contribution in [1.29, 1.82) is 0 Å². The fourth-order valence-electron chi connectivity index (χ4n) is 1.85. The molecule has 5 nitrogen and oxygen atoms in total. The lowest BCUT2D eigenvalue weighted by atomic mass is 10.2. The van der Waals surface area contributed by atoms with Crippen LogP contribution in [0.1, 0.15) is 18.4 Å². The number of nitrogens with zero attached hydrogens (tertiary/aromatic N) is 2. The van der Waals surface area contributed by atoms with E-state index in [-0.39, 0.29) is 0 Å². The molecule has 18 heavy (non-hydrogen) atoms. The number of imidazole rings is 1. The van der Waals surface area contributed by atoms with Crippen LogP contribution in [0.25, 0.3) is 0 Å². The average Bonchev–Trinajstić information content (AvgIpc) is 2.99. The Morgan fingerprint density at radius 3 is 3.17 bits per heavy atom. The van der Waals surface area contributed by atoms with E-state index in [1.165, 1.54) is 0 Å². The summed E-state index contributed by atoms with van der Waals surface area (Å²) in [5, 5.41) is 3.43. The van der Waals surface area contributed by atoms with Crippen molar-refractivity contribution in [2.75, 3.05) is 6.54 Å². The highest BCUT2D eigenvalue weighted by molar-refractivity contribution is 5.01. The van der Waals surface area contributed by atoms with Gasteiger partial charge in [0.25, 0.3) is 0 Å². The van der Waals surface area contributed by atoms with E-state index in [1.807, 2.05) is 29.2 Å². The number of aromatic nitrogens is 2. The van der Waals surface area contributed by atoms with Crippen molar-refractivity contribution < 1.29 is 4.42 Å². The van der Waals surface area contributed by atoms with Crippen LogP contribution in [0.4, 0.5) is 0 Å². The van der Waals surface area contributed by atoms with E-state index in [2.05, 4.69) is 17.2 Å². The van der Waals surface area contributed by atoms with E-state index in [1.54, 1.807) is 6.26 Å². The molecule has 0 aliphatic carbocycles. The minimum atomic E-state index is 0.357. The summed E-state index contributed by atoms with van der Waals surface area (Å²) in [7, 11) is 0. The number of rotatable bonds is 7. The van der Waals surface area contributed by atoms with Crippen LogP contribution in [0.2, 0.25) is 0 Å². The van der Waals surface area contributed by atoms with Gasteiger partial charge in [-0.3, -0.25) is 0 Å². The lowest BCUT2D eigenvalue weighted by Gasteiger charge is -2.10. The summed E-state index contributed by atoms with van der Waals surface area (Å²) in [6, 6.07) is 4.26. The van der Waals surface area contributed by atoms with Crippen LogP contribution < -0.4 is 11.1 Å². The van der Waals surface area contributed by atoms with Crippen LogP contribution in [0.5, 0.6) is 0 Å². The molecule has 3 N–H and O–H groups in total. The Morgan fingerprint density at radius 2 is 2.44 bits per heavy atom. The van der Waals surface area contributed by atoms with Crippen molar-refractivity contribution in [3.05, 3.63) is 42.4 Å². The molecule has 0 spiro atoms. The lowest BCUT2D eigenvalue weighted by Crippen LogP contribution is -2.27. The van der Waals surface area contributed by atoms with Gasteiger partial charge in [0, 0.05) is 38.3 Å². The number of furan rings is 1. The predicted octanol–water partition coefficient (Wildman–Crippen LogP) is 1.16. The quantitative estimate of drug-likeness (QED) is 0.771. The number of hydrogen-bond acceptors (Lipinski definition) is 4. The van der Waals surface area contributed by atoms with Crippen molar-refractivity contribution in [2.24, 2.45) is 5.73 Å². The Hall–Kier alpha value is -1.59. The Bertz CT molecular complexity index is 449. The fraction of sp³-hybridized carbons (Fsp3) is 0.462. The first-order valence-corrected chi connectivity index (χ1v) is 6.24. The van der Waals surface area contributed by atoms with Gasteiger partial charge in [0.15, 0.2) is 0 Å². The first kappa shape index (κ1) is 12.9. The van der Waals surface area contributed by atoms with E-state index in [9.17, 15) is 0 Å². The molecule has 5 heteroatoms. The molecule has 0 saturated carbocycles. The minimum absolute atomic E-state index is 0.357. The summed E-state index contributed by atoms with van der Waals surface area (Å²) in [6.45, 7) is 4.35. The molecule has 2 rings (SSSR count). The normalized spacial score (nSPS) is 12.8. The second kappa shape index (κ2) is 6.37. The smallest absolute Gasteiger partial charge is 0.105 e. The molecule has 2 heterocycles. The van der Waals surface area contributed by atoms with Gasteiger partial charge in [-0.2, -0.15) is 0 Å². The van der Waals surface area contributed by atoms with E-state index in [0.29, 0.717) is 12.6 Å². The van der Waals surface area contributed by atoms with Gasteiger partial charge in [0.1, 0.15) is 5.76 Å². The molecule has 0 saturated heterocycles. The molecule has 0 amide bonds. The molecule has 2 aromatic heterocycles. The van der Waals surface area contributed by atoms with Crippen LogP contribution in [-0.2, 0) is 19.5 Å². The summed E-state index contributed by atoms with van der Waals surface area (Å²) in [5.74, 6) is 1.00. The van der Waals surface area contributed by atoms with Crippen molar-refractivity contribution in [3.8, 4) is 0 Å². The van der Waals surface area contributed by atoms with Gasteiger partial charge in [0.05, 0.1) is 18.3 Å². The Labute approximate surface area is 107 Å². The zero-order valence-corrected chi connectivity index (χ0v) is 10.7. The standard InChI is InChI=1S/C13H20N4O/c1-11(7-13-3-2-6-18-13)15-8-12-9-17(5-4-14)10-16-12/h2-3,6,9-11,15H,4-5,7-8,14H2,1H3. The van der Waals surface area contributed by atoms with Crippen LogP contribution in [0, 0.1) is 0 Å². The predicted molar refractivity (Wildman–Crippen MR) is 70.0 cm³/mol. The van der Waals surface area contributed by atoms with Crippen LogP contribution in [-0.4, -0.2) is 22.1 Å². The monoisotopic (exact) mass is 248 g/mol. The van der Waals surface area contributed by atoms with Crippen LogP contribution in [0.15, 0.2) is 35.3 Å². The fourth-order valence-corrected chi connectivity index (χ4v) is 1.85. The van der Waals surface area contributed by atoms with E-state index in [0.717, 1.165) is 31.0 Å². The zero-order chi connectivity index (χ0) is 12.8. The molecule has 0 aromatic carbocycles. The van der Waals surface area contributed by atoms with Crippen molar-refractivity contribution in [3.63, 3.8) is 0 Å². The molecular formula is C13H20N4O. The summed E-state index contributed by atoms with van der Waals surface area (Å²) in [4.78, 5) is 4.33. The third kappa shape index (κ3) is 3.72. The van der Waals surface area contributed by atoms with Crippen LogP contribution in [0.3, 0.4) is 0 Å². The van der Waals surface area contributed by atoms with Gasteiger partial charge >= 0.3 is 0 Å². The molecule has 98 valence electrons. The summed E-state index contributed by atoms with van der Waals surface area (Å²) in [5.41, 5.74) is 6.53. The number of nitrogens with two attached hydrogens (primary N) is 1. The summed E-state index contributed by atoms with van der Waals surface area (Å²) < 4.78 is 7.33. The summed E-state index contributed by atoms with van der Waals surface area (Å²) >= 11 is 0. The average molecular weight is 248 g/mol. The van der Waals surface area contributed by atoms with Gasteiger partial charge in [-0.25, -0.2) is 4.98 Å². The SMILES string of the molecule is CC(Cc1ccco1)NCc1cn(CCN)cn1. The number of nitrogens with one attached hydrogen (secondary N) is 1. The first-order chi connectivity index (χ1) is 8.78. The van der Waals surface area contributed by atoms with Crippen molar-refractivity contribution in [1.82, 2.24) is 14.9 Å². The van der Waals surface area contributed by atoms with Gasteiger partial charge < -0.3 is 20.0 Å². The maximum atomic E-state index is 5.49.